The van der Waals surface area contributed by atoms with Crippen molar-refractivity contribution in [1.29, 1.82) is 0 Å². The number of fused-ring (bicyclic) bond motifs is 1. The number of pyridine rings is 2. The second kappa shape index (κ2) is 6.98. The Morgan fingerprint density at radius 2 is 2.00 bits per heavy atom. The molecule has 130 valence electrons. The molecule has 0 saturated heterocycles. The van der Waals surface area contributed by atoms with Crippen molar-refractivity contribution in [2.45, 2.75) is 26.3 Å². The maximum atomic E-state index is 12.4. The molecule has 3 aromatic rings. The number of carbonyl (C=O) groups excluding carboxylic acids is 1. The summed E-state index contributed by atoms with van der Waals surface area (Å²) in [7, 11) is 3.96. The van der Waals surface area contributed by atoms with Crippen molar-refractivity contribution < 1.29 is 4.79 Å². The summed E-state index contributed by atoms with van der Waals surface area (Å²) >= 11 is 0. The predicted molar refractivity (Wildman–Crippen MR) is 96.7 cm³/mol. The fourth-order valence-corrected chi connectivity index (χ4v) is 2.56. The van der Waals surface area contributed by atoms with Crippen LogP contribution >= 0.6 is 0 Å². The van der Waals surface area contributed by atoms with Crippen molar-refractivity contribution >= 4 is 17.2 Å². The molecule has 0 bridgehead atoms. The van der Waals surface area contributed by atoms with Gasteiger partial charge in [-0.2, -0.15) is 0 Å². The molecule has 7 nitrogen and oxygen atoms in total. The van der Waals surface area contributed by atoms with Crippen molar-refractivity contribution in [2.75, 3.05) is 19.4 Å². The Balaban J connectivity index is 1.78. The van der Waals surface area contributed by atoms with Crippen molar-refractivity contribution in [3.8, 4) is 0 Å². The number of hydrogen-bond acceptors (Lipinski definition) is 5. The monoisotopic (exact) mass is 338 g/mol. The number of amides is 1. The second-order valence-electron chi connectivity index (χ2n) is 6.59. The summed E-state index contributed by atoms with van der Waals surface area (Å²) in [5.41, 5.74) is 2.90. The fourth-order valence-electron chi connectivity index (χ4n) is 2.56. The Kier molecular flexibility index (Phi) is 4.76. The van der Waals surface area contributed by atoms with Gasteiger partial charge in [-0.1, -0.05) is 13.8 Å². The van der Waals surface area contributed by atoms with Gasteiger partial charge in [-0.15, -0.1) is 10.2 Å². The topological polar surface area (TPSA) is 75.4 Å². The third-order valence-electron chi connectivity index (χ3n) is 3.77. The van der Waals surface area contributed by atoms with Gasteiger partial charge in [0.25, 0.3) is 5.91 Å². The molecule has 0 fully saturated rings. The Bertz CT molecular complexity index is 882. The Labute approximate surface area is 146 Å². The largest absolute Gasteiger partial charge is 0.321 e. The van der Waals surface area contributed by atoms with E-state index in [0.717, 1.165) is 23.7 Å². The van der Waals surface area contributed by atoms with E-state index in [1.54, 1.807) is 12.3 Å². The first-order valence-corrected chi connectivity index (χ1v) is 8.19. The predicted octanol–water partition coefficient (Wildman–Crippen LogP) is 2.56. The molecule has 0 radical (unpaired) electrons. The van der Waals surface area contributed by atoms with Crippen LogP contribution in [0.25, 0.3) is 5.65 Å². The molecule has 3 aromatic heterocycles. The summed E-state index contributed by atoms with van der Waals surface area (Å²) < 4.78 is 1.90. The average Bonchev–Trinajstić information content (AvgIpc) is 2.98. The minimum absolute atomic E-state index is 0.192. The highest BCUT2D eigenvalue weighted by Crippen LogP contribution is 2.17. The Hall–Kier alpha value is -2.80. The number of hydrogen-bond donors (Lipinski definition) is 1. The van der Waals surface area contributed by atoms with Gasteiger partial charge in [0.15, 0.2) is 5.65 Å². The SMILES string of the molecule is CC(C)c1nnc2ccc(NC(=O)c3ccc(CN(C)C)nc3)cn12. The van der Waals surface area contributed by atoms with E-state index in [2.05, 4.69) is 34.3 Å². The van der Waals surface area contributed by atoms with Crippen LogP contribution in [0.1, 0.15) is 41.6 Å². The van der Waals surface area contributed by atoms with E-state index < -0.39 is 0 Å². The number of aromatic nitrogens is 4. The van der Waals surface area contributed by atoms with Gasteiger partial charge in [0.1, 0.15) is 5.82 Å². The van der Waals surface area contributed by atoms with Gasteiger partial charge in [-0.25, -0.2) is 0 Å². The molecule has 0 aliphatic carbocycles. The highest BCUT2D eigenvalue weighted by atomic mass is 16.1. The van der Waals surface area contributed by atoms with Gasteiger partial charge in [0.2, 0.25) is 0 Å². The number of nitrogens with zero attached hydrogens (tertiary/aromatic N) is 5. The van der Waals surface area contributed by atoms with Gasteiger partial charge in [0, 0.05) is 24.9 Å². The third kappa shape index (κ3) is 3.83. The van der Waals surface area contributed by atoms with Crippen molar-refractivity contribution in [1.82, 2.24) is 24.5 Å². The first-order valence-electron chi connectivity index (χ1n) is 8.19. The van der Waals surface area contributed by atoms with Crippen LogP contribution in [0.5, 0.6) is 0 Å². The number of rotatable bonds is 5. The Morgan fingerprint density at radius 1 is 1.20 bits per heavy atom. The molecular formula is C18H22N6O. The van der Waals surface area contributed by atoms with Crippen LogP contribution in [0.2, 0.25) is 0 Å². The first-order chi connectivity index (χ1) is 11.9. The molecule has 0 aliphatic rings. The number of anilines is 1. The van der Waals surface area contributed by atoms with E-state index in [9.17, 15) is 4.79 Å². The van der Waals surface area contributed by atoms with E-state index in [0.29, 0.717) is 11.3 Å². The maximum absolute atomic E-state index is 12.4. The van der Waals surface area contributed by atoms with E-state index in [1.807, 2.05) is 47.8 Å². The molecule has 0 saturated carbocycles. The van der Waals surface area contributed by atoms with Crippen LogP contribution in [0, 0.1) is 0 Å². The normalized spacial score (nSPS) is 11.4. The van der Waals surface area contributed by atoms with Crippen LogP contribution in [-0.4, -0.2) is 44.5 Å². The highest BCUT2D eigenvalue weighted by molar-refractivity contribution is 6.04. The molecule has 0 atom stereocenters. The maximum Gasteiger partial charge on any atom is 0.257 e. The summed E-state index contributed by atoms with van der Waals surface area (Å²) in [5.74, 6) is 0.914. The second-order valence-corrected chi connectivity index (χ2v) is 6.59. The smallest absolute Gasteiger partial charge is 0.257 e. The van der Waals surface area contributed by atoms with Crippen LogP contribution in [0.4, 0.5) is 5.69 Å². The molecule has 7 heteroatoms. The van der Waals surface area contributed by atoms with Crippen LogP contribution in [-0.2, 0) is 6.54 Å². The zero-order valence-corrected chi connectivity index (χ0v) is 14.9. The molecule has 0 spiro atoms. The van der Waals surface area contributed by atoms with Crippen molar-refractivity contribution in [2.24, 2.45) is 0 Å². The van der Waals surface area contributed by atoms with E-state index >= 15 is 0 Å². The summed E-state index contributed by atoms with van der Waals surface area (Å²) in [4.78, 5) is 18.8. The fraction of sp³-hybridized carbons (Fsp3) is 0.333. The molecule has 0 unspecified atom stereocenters. The molecule has 25 heavy (non-hydrogen) atoms. The molecule has 0 aliphatic heterocycles. The zero-order valence-electron chi connectivity index (χ0n) is 14.9. The zero-order chi connectivity index (χ0) is 18.0. The van der Waals surface area contributed by atoms with E-state index in [-0.39, 0.29) is 11.8 Å². The lowest BCUT2D eigenvalue weighted by Gasteiger charge is -2.10. The summed E-state index contributed by atoms with van der Waals surface area (Å²) in [6.07, 6.45) is 3.45. The standard InChI is InChI=1S/C18H22N6O/c1-12(2)17-22-21-16-8-7-15(11-24(16)17)20-18(25)13-5-6-14(19-9-13)10-23(3)4/h5-9,11-12H,10H2,1-4H3,(H,20,25). The minimum Gasteiger partial charge on any atom is -0.321 e. The summed E-state index contributed by atoms with van der Waals surface area (Å²) in [6, 6.07) is 7.32. The average molecular weight is 338 g/mol. The van der Waals surface area contributed by atoms with Gasteiger partial charge >= 0.3 is 0 Å². The van der Waals surface area contributed by atoms with Crippen molar-refractivity contribution in [3.05, 3.63) is 53.7 Å². The van der Waals surface area contributed by atoms with Crippen LogP contribution in [0.15, 0.2) is 36.7 Å². The molecule has 1 N–H and O–H groups in total. The Morgan fingerprint density at radius 3 is 2.64 bits per heavy atom. The lowest BCUT2D eigenvalue weighted by atomic mass is 10.2. The molecule has 0 aromatic carbocycles. The van der Waals surface area contributed by atoms with Crippen LogP contribution < -0.4 is 5.32 Å². The third-order valence-corrected chi connectivity index (χ3v) is 3.77. The quantitative estimate of drug-likeness (QED) is 0.774. The molecule has 1 amide bonds. The van der Waals surface area contributed by atoms with Gasteiger partial charge in [-0.05, 0) is 38.4 Å². The van der Waals surface area contributed by atoms with Crippen molar-refractivity contribution in [3.63, 3.8) is 0 Å². The van der Waals surface area contributed by atoms with Gasteiger partial charge in [0.05, 0.1) is 16.9 Å². The molecule has 3 heterocycles. The van der Waals surface area contributed by atoms with Gasteiger partial charge < -0.3 is 10.2 Å². The minimum atomic E-state index is -0.192. The lowest BCUT2D eigenvalue weighted by molar-refractivity contribution is 0.102. The lowest BCUT2D eigenvalue weighted by Crippen LogP contribution is -2.15. The first kappa shape index (κ1) is 17.0. The highest BCUT2D eigenvalue weighted by Gasteiger charge is 2.11. The number of nitrogens with one attached hydrogen (secondary N) is 1. The summed E-state index contributed by atoms with van der Waals surface area (Å²) in [5, 5.41) is 11.2. The molecular weight excluding hydrogens is 316 g/mol. The molecule has 3 rings (SSSR count). The van der Waals surface area contributed by atoms with E-state index in [4.69, 9.17) is 0 Å². The van der Waals surface area contributed by atoms with Gasteiger partial charge in [-0.3, -0.25) is 14.2 Å². The van der Waals surface area contributed by atoms with E-state index in [1.165, 1.54) is 0 Å². The summed E-state index contributed by atoms with van der Waals surface area (Å²) in [6.45, 7) is 4.86. The van der Waals surface area contributed by atoms with Crippen LogP contribution in [0.3, 0.4) is 0 Å². The number of carbonyl (C=O) groups is 1.